The van der Waals surface area contributed by atoms with Crippen molar-refractivity contribution in [3.05, 3.63) is 35.4 Å². The normalized spacial score (nSPS) is 18.5. The number of rotatable bonds is 5. The number of halogens is 2. The largest absolute Gasteiger partial charge is 0.309 e. The second kappa shape index (κ2) is 6.96. The summed E-state index contributed by atoms with van der Waals surface area (Å²) in [6.45, 7) is 6.24. The predicted octanol–water partition coefficient (Wildman–Crippen LogP) is 3.10. The fraction of sp³-hybridized carbons (Fsp3) is 0.600. The number of piperidine rings is 1. The van der Waals surface area contributed by atoms with Crippen LogP contribution in [0.25, 0.3) is 0 Å². The van der Waals surface area contributed by atoms with E-state index in [4.69, 9.17) is 0 Å². The highest BCUT2D eigenvalue weighted by Gasteiger charge is 2.11. The highest BCUT2D eigenvalue weighted by molar-refractivity contribution is 5.20. The third-order valence-corrected chi connectivity index (χ3v) is 3.77. The van der Waals surface area contributed by atoms with Gasteiger partial charge in [0.05, 0.1) is 0 Å². The van der Waals surface area contributed by atoms with Crippen LogP contribution >= 0.6 is 0 Å². The summed E-state index contributed by atoms with van der Waals surface area (Å²) in [5.74, 6) is -1.56. The Hall–Kier alpha value is -1.00. The molecule has 4 heteroatoms. The zero-order valence-corrected chi connectivity index (χ0v) is 11.5. The van der Waals surface area contributed by atoms with Crippen LogP contribution in [0.15, 0.2) is 18.2 Å². The number of hydrogen-bond donors (Lipinski definition) is 1. The molecule has 0 aromatic heterocycles. The number of hydrogen-bond acceptors (Lipinski definition) is 2. The summed E-state index contributed by atoms with van der Waals surface area (Å²) in [5, 5.41) is 3.36. The molecule has 2 rings (SSSR count). The van der Waals surface area contributed by atoms with Crippen LogP contribution in [0.1, 0.15) is 37.8 Å². The van der Waals surface area contributed by atoms with E-state index < -0.39 is 11.6 Å². The molecule has 1 fully saturated rings. The smallest absolute Gasteiger partial charge is 0.159 e. The summed E-state index contributed by atoms with van der Waals surface area (Å²) in [4.78, 5) is 2.45. The molecule has 0 bridgehead atoms. The van der Waals surface area contributed by atoms with Crippen LogP contribution in [0.3, 0.4) is 0 Å². The van der Waals surface area contributed by atoms with E-state index in [1.165, 1.54) is 44.5 Å². The number of nitrogens with zero attached hydrogens (tertiary/aromatic N) is 1. The lowest BCUT2D eigenvalue weighted by molar-refractivity contribution is 0.227. The van der Waals surface area contributed by atoms with Crippen molar-refractivity contribution in [2.24, 2.45) is 0 Å². The Bertz CT molecular complexity index is 403. The molecule has 1 atom stereocenters. The first-order valence-electron chi connectivity index (χ1n) is 7.07. The van der Waals surface area contributed by atoms with Crippen molar-refractivity contribution in [2.45, 2.75) is 32.2 Å². The molecule has 1 aliphatic heterocycles. The highest BCUT2D eigenvalue weighted by atomic mass is 19.2. The van der Waals surface area contributed by atoms with Crippen LogP contribution < -0.4 is 5.32 Å². The van der Waals surface area contributed by atoms with E-state index in [1.54, 1.807) is 6.07 Å². The zero-order valence-electron chi connectivity index (χ0n) is 11.5. The van der Waals surface area contributed by atoms with Gasteiger partial charge in [-0.25, -0.2) is 8.78 Å². The highest BCUT2D eigenvalue weighted by Crippen LogP contribution is 2.15. The van der Waals surface area contributed by atoms with Gasteiger partial charge in [0.2, 0.25) is 0 Å². The topological polar surface area (TPSA) is 15.3 Å². The molecule has 1 aliphatic rings. The predicted molar refractivity (Wildman–Crippen MR) is 73.1 cm³/mol. The SMILES string of the molecule is CC(NCCN1CCCCC1)c1ccc(F)c(F)c1. The van der Waals surface area contributed by atoms with Crippen molar-refractivity contribution in [1.29, 1.82) is 0 Å². The summed E-state index contributed by atoms with van der Waals surface area (Å²) in [7, 11) is 0. The molecular formula is C15H22F2N2. The lowest BCUT2D eigenvalue weighted by Crippen LogP contribution is -2.36. The molecule has 0 saturated carbocycles. The van der Waals surface area contributed by atoms with Gasteiger partial charge in [0, 0.05) is 19.1 Å². The van der Waals surface area contributed by atoms with Gasteiger partial charge in [-0.15, -0.1) is 0 Å². The molecule has 19 heavy (non-hydrogen) atoms. The Kier molecular flexibility index (Phi) is 5.28. The van der Waals surface area contributed by atoms with Crippen molar-refractivity contribution in [3.8, 4) is 0 Å². The van der Waals surface area contributed by atoms with Gasteiger partial charge in [-0.05, 0) is 50.6 Å². The maximum atomic E-state index is 13.1. The summed E-state index contributed by atoms with van der Waals surface area (Å²) in [6, 6.07) is 4.14. The molecule has 1 saturated heterocycles. The van der Waals surface area contributed by atoms with E-state index in [0.717, 1.165) is 18.7 Å². The molecule has 0 radical (unpaired) electrons. The minimum Gasteiger partial charge on any atom is -0.309 e. The first-order chi connectivity index (χ1) is 9.16. The van der Waals surface area contributed by atoms with Crippen LogP contribution in [0.2, 0.25) is 0 Å². The minimum absolute atomic E-state index is 0.0416. The van der Waals surface area contributed by atoms with E-state index >= 15 is 0 Å². The van der Waals surface area contributed by atoms with Crippen molar-refractivity contribution in [1.82, 2.24) is 10.2 Å². The molecule has 0 aliphatic carbocycles. The van der Waals surface area contributed by atoms with E-state index in [9.17, 15) is 8.78 Å². The molecule has 1 N–H and O–H groups in total. The third kappa shape index (κ3) is 4.25. The molecule has 1 heterocycles. The maximum Gasteiger partial charge on any atom is 0.159 e. The Labute approximate surface area is 113 Å². The monoisotopic (exact) mass is 268 g/mol. The lowest BCUT2D eigenvalue weighted by Gasteiger charge is -2.27. The van der Waals surface area contributed by atoms with E-state index in [1.807, 2.05) is 6.92 Å². The quantitative estimate of drug-likeness (QED) is 0.882. The number of nitrogens with one attached hydrogen (secondary N) is 1. The second-order valence-corrected chi connectivity index (χ2v) is 5.25. The van der Waals surface area contributed by atoms with Crippen molar-refractivity contribution in [3.63, 3.8) is 0 Å². The Balaban J connectivity index is 1.76. The average Bonchev–Trinajstić information content (AvgIpc) is 2.43. The van der Waals surface area contributed by atoms with Gasteiger partial charge >= 0.3 is 0 Å². The molecule has 1 aromatic rings. The van der Waals surface area contributed by atoms with Gasteiger partial charge in [-0.3, -0.25) is 0 Å². The first-order valence-corrected chi connectivity index (χ1v) is 7.07. The van der Waals surface area contributed by atoms with Gasteiger partial charge in [0.1, 0.15) is 0 Å². The maximum absolute atomic E-state index is 13.1. The van der Waals surface area contributed by atoms with Crippen LogP contribution in [0.4, 0.5) is 8.78 Å². The van der Waals surface area contributed by atoms with Crippen LogP contribution in [-0.2, 0) is 0 Å². The molecule has 2 nitrogen and oxygen atoms in total. The Morgan fingerprint density at radius 1 is 1.16 bits per heavy atom. The summed E-state index contributed by atoms with van der Waals surface area (Å²) in [6.07, 6.45) is 3.92. The van der Waals surface area contributed by atoms with E-state index in [2.05, 4.69) is 10.2 Å². The molecule has 1 unspecified atom stereocenters. The molecular weight excluding hydrogens is 246 g/mol. The minimum atomic E-state index is -0.788. The standard InChI is InChI=1S/C15H22F2N2/c1-12(13-5-6-14(16)15(17)11-13)18-7-10-19-8-3-2-4-9-19/h5-6,11-12,18H,2-4,7-10H2,1H3. The first kappa shape index (κ1) is 14.4. The fourth-order valence-corrected chi connectivity index (χ4v) is 2.52. The third-order valence-electron chi connectivity index (χ3n) is 3.77. The summed E-state index contributed by atoms with van der Waals surface area (Å²) < 4.78 is 26.0. The average molecular weight is 268 g/mol. The van der Waals surface area contributed by atoms with Gasteiger partial charge < -0.3 is 10.2 Å². The van der Waals surface area contributed by atoms with Gasteiger partial charge in [0.15, 0.2) is 11.6 Å². The fourth-order valence-electron chi connectivity index (χ4n) is 2.52. The second-order valence-electron chi connectivity index (χ2n) is 5.25. The molecule has 1 aromatic carbocycles. The lowest BCUT2D eigenvalue weighted by atomic mass is 10.1. The van der Waals surface area contributed by atoms with Crippen LogP contribution in [0, 0.1) is 11.6 Å². The Morgan fingerprint density at radius 3 is 2.58 bits per heavy atom. The van der Waals surface area contributed by atoms with Crippen LogP contribution in [-0.4, -0.2) is 31.1 Å². The van der Waals surface area contributed by atoms with Gasteiger partial charge in [0.25, 0.3) is 0 Å². The molecule has 106 valence electrons. The Morgan fingerprint density at radius 2 is 1.89 bits per heavy atom. The number of benzene rings is 1. The van der Waals surface area contributed by atoms with Gasteiger partial charge in [-0.2, -0.15) is 0 Å². The molecule has 0 amide bonds. The van der Waals surface area contributed by atoms with Gasteiger partial charge in [-0.1, -0.05) is 12.5 Å². The van der Waals surface area contributed by atoms with Crippen molar-refractivity contribution >= 4 is 0 Å². The summed E-state index contributed by atoms with van der Waals surface area (Å²) in [5.41, 5.74) is 0.789. The molecule has 0 spiro atoms. The van der Waals surface area contributed by atoms with E-state index in [-0.39, 0.29) is 6.04 Å². The van der Waals surface area contributed by atoms with Crippen molar-refractivity contribution < 1.29 is 8.78 Å². The summed E-state index contributed by atoms with van der Waals surface area (Å²) >= 11 is 0. The van der Waals surface area contributed by atoms with E-state index in [0.29, 0.717) is 0 Å². The van der Waals surface area contributed by atoms with Crippen LogP contribution in [0.5, 0.6) is 0 Å². The zero-order chi connectivity index (χ0) is 13.7. The van der Waals surface area contributed by atoms with Crippen molar-refractivity contribution in [2.75, 3.05) is 26.2 Å². The number of likely N-dealkylation sites (tertiary alicyclic amines) is 1.